The smallest absolute Gasteiger partial charge is 0.289 e. The number of halogens is 3. The summed E-state index contributed by atoms with van der Waals surface area (Å²) in [7, 11) is 2.85. The highest BCUT2D eigenvalue weighted by Gasteiger charge is 2.43. The maximum absolute atomic E-state index is 13.8. The fourth-order valence-electron chi connectivity index (χ4n) is 3.33. The molecule has 0 heterocycles. The first-order valence-corrected chi connectivity index (χ1v) is 9.73. The van der Waals surface area contributed by atoms with Gasteiger partial charge in [0.1, 0.15) is 0 Å². The minimum atomic E-state index is -1.51. The van der Waals surface area contributed by atoms with Crippen LogP contribution in [0, 0.1) is 17.5 Å². The summed E-state index contributed by atoms with van der Waals surface area (Å²) in [6.45, 7) is 5.79. The molecule has 1 aromatic carbocycles. The Balaban J connectivity index is 3.11. The van der Waals surface area contributed by atoms with Crippen molar-refractivity contribution in [3.63, 3.8) is 0 Å². The van der Waals surface area contributed by atoms with Crippen molar-refractivity contribution in [3.8, 4) is 0 Å². The Kier molecular flexibility index (Phi) is 10.3. The Bertz CT molecular complexity index is 537. The van der Waals surface area contributed by atoms with Crippen LogP contribution < -0.4 is 0 Å². The van der Waals surface area contributed by atoms with E-state index in [0.717, 1.165) is 44.2 Å². The first-order valence-electron chi connectivity index (χ1n) is 9.73. The minimum absolute atomic E-state index is 0.243. The Labute approximate surface area is 161 Å². The average molecular weight is 390 g/mol. The quantitative estimate of drug-likeness (QED) is 0.224. The van der Waals surface area contributed by atoms with Crippen LogP contribution in [0.5, 0.6) is 0 Å². The van der Waals surface area contributed by atoms with Gasteiger partial charge < -0.3 is 14.2 Å². The van der Waals surface area contributed by atoms with Gasteiger partial charge in [-0.05, 0) is 38.0 Å². The van der Waals surface area contributed by atoms with Crippen molar-refractivity contribution in [1.29, 1.82) is 0 Å². The average Bonchev–Trinajstić information content (AvgIpc) is 2.63. The molecule has 1 rings (SSSR count). The number of hydrogen-bond acceptors (Lipinski definition) is 3. The van der Waals surface area contributed by atoms with E-state index in [2.05, 4.69) is 6.92 Å². The molecule has 27 heavy (non-hydrogen) atoms. The number of methoxy groups -OCH3 is 2. The van der Waals surface area contributed by atoms with Gasteiger partial charge in [0.15, 0.2) is 17.5 Å². The number of rotatable bonds is 13. The van der Waals surface area contributed by atoms with Crippen molar-refractivity contribution in [2.45, 2.75) is 83.7 Å². The molecule has 1 aromatic rings. The summed E-state index contributed by atoms with van der Waals surface area (Å²) in [5.41, 5.74) is 0.254. The van der Waals surface area contributed by atoms with Gasteiger partial charge in [-0.25, -0.2) is 13.2 Å². The molecule has 0 aromatic heterocycles. The Morgan fingerprint density at radius 3 is 1.89 bits per heavy atom. The van der Waals surface area contributed by atoms with Gasteiger partial charge in [0.25, 0.3) is 5.97 Å². The van der Waals surface area contributed by atoms with Gasteiger partial charge in [0.05, 0.1) is 12.0 Å². The highest BCUT2D eigenvalue weighted by molar-refractivity contribution is 5.24. The van der Waals surface area contributed by atoms with Crippen LogP contribution in [0.15, 0.2) is 12.1 Å². The van der Waals surface area contributed by atoms with Crippen LogP contribution in [0.25, 0.3) is 0 Å². The second-order valence-corrected chi connectivity index (χ2v) is 7.09. The second kappa shape index (κ2) is 11.7. The van der Waals surface area contributed by atoms with Gasteiger partial charge in [0.2, 0.25) is 0 Å². The van der Waals surface area contributed by atoms with E-state index in [1.54, 1.807) is 0 Å². The second-order valence-electron chi connectivity index (χ2n) is 7.09. The van der Waals surface area contributed by atoms with Crippen LogP contribution in [0.2, 0.25) is 0 Å². The van der Waals surface area contributed by atoms with Crippen molar-refractivity contribution in [2.24, 2.45) is 0 Å². The Morgan fingerprint density at radius 1 is 0.889 bits per heavy atom. The van der Waals surface area contributed by atoms with Crippen LogP contribution in [-0.2, 0) is 14.2 Å². The van der Waals surface area contributed by atoms with Gasteiger partial charge >= 0.3 is 0 Å². The van der Waals surface area contributed by atoms with Crippen LogP contribution >= 0.6 is 0 Å². The number of hydrogen-bond donors (Lipinski definition) is 0. The van der Waals surface area contributed by atoms with E-state index in [9.17, 15) is 13.2 Å². The zero-order valence-electron chi connectivity index (χ0n) is 17.1. The first-order chi connectivity index (χ1) is 12.8. The van der Waals surface area contributed by atoms with Crippen LogP contribution in [0.1, 0.15) is 77.2 Å². The van der Waals surface area contributed by atoms with Crippen molar-refractivity contribution in [2.75, 3.05) is 14.2 Å². The molecule has 0 aliphatic carbocycles. The van der Waals surface area contributed by atoms with Crippen LogP contribution in [0.3, 0.4) is 0 Å². The van der Waals surface area contributed by atoms with Gasteiger partial charge in [-0.15, -0.1) is 0 Å². The third-order valence-electron chi connectivity index (χ3n) is 4.65. The Hall–Kier alpha value is -1.11. The molecular weight excluding hydrogens is 357 g/mol. The summed E-state index contributed by atoms with van der Waals surface area (Å²) in [6, 6.07) is 1.99. The fourth-order valence-corrected chi connectivity index (χ4v) is 3.33. The molecule has 1 unspecified atom stereocenters. The third kappa shape index (κ3) is 6.77. The molecule has 0 spiro atoms. The van der Waals surface area contributed by atoms with Gasteiger partial charge in [-0.2, -0.15) is 0 Å². The largest absolute Gasteiger partial charge is 0.330 e. The minimum Gasteiger partial charge on any atom is -0.330 e. The van der Waals surface area contributed by atoms with Gasteiger partial charge in [-0.1, -0.05) is 45.4 Å². The molecule has 1 atom stereocenters. The standard InChI is InChI=1S/C21H33F3O3/c1-6-7-8-9-10-11-12-17(21(25-4,26-5)27-15(2)3)16-13-18(22)20(24)19(23)14-16/h13-15,17H,6-12H2,1-5H3. The predicted octanol–water partition coefficient (Wildman–Crippen LogP) is 6.31. The SMILES string of the molecule is CCCCCCCCC(c1cc(F)c(F)c(F)c1)C(OC)(OC)OC(C)C. The highest BCUT2D eigenvalue weighted by Crippen LogP contribution is 2.39. The summed E-state index contributed by atoms with van der Waals surface area (Å²) in [6.07, 6.45) is 6.67. The molecule has 156 valence electrons. The summed E-state index contributed by atoms with van der Waals surface area (Å²) in [4.78, 5) is 0. The summed E-state index contributed by atoms with van der Waals surface area (Å²) in [5, 5.41) is 0. The molecule has 6 heteroatoms. The third-order valence-corrected chi connectivity index (χ3v) is 4.65. The van der Waals surface area contributed by atoms with E-state index >= 15 is 0 Å². The molecular formula is C21H33F3O3. The zero-order chi connectivity index (χ0) is 20.4. The summed E-state index contributed by atoms with van der Waals surface area (Å²) in [5.74, 6) is -6.06. The number of unbranched alkanes of at least 4 members (excludes halogenated alkanes) is 5. The summed E-state index contributed by atoms with van der Waals surface area (Å²) >= 11 is 0. The molecule has 0 saturated carbocycles. The molecule has 0 radical (unpaired) electrons. The van der Waals surface area contributed by atoms with Gasteiger partial charge in [0, 0.05) is 14.2 Å². The molecule has 0 aliphatic heterocycles. The Morgan fingerprint density at radius 2 is 1.41 bits per heavy atom. The maximum Gasteiger partial charge on any atom is 0.289 e. The highest BCUT2D eigenvalue weighted by atomic mass is 19.2. The van der Waals surface area contributed by atoms with Crippen LogP contribution in [0.4, 0.5) is 13.2 Å². The normalized spacial score (nSPS) is 13.4. The molecule has 0 N–H and O–H groups in total. The lowest BCUT2D eigenvalue weighted by molar-refractivity contribution is -0.385. The van der Waals surface area contributed by atoms with E-state index in [1.807, 2.05) is 13.8 Å². The molecule has 0 fully saturated rings. The lowest BCUT2D eigenvalue weighted by Crippen LogP contribution is -2.45. The number of ether oxygens (including phenoxy) is 3. The van der Waals surface area contributed by atoms with Gasteiger partial charge in [-0.3, -0.25) is 0 Å². The summed E-state index contributed by atoms with van der Waals surface area (Å²) < 4.78 is 58.1. The van der Waals surface area contributed by atoms with Crippen LogP contribution in [-0.4, -0.2) is 26.3 Å². The van der Waals surface area contributed by atoms with E-state index in [4.69, 9.17) is 14.2 Å². The zero-order valence-corrected chi connectivity index (χ0v) is 17.1. The van der Waals surface area contributed by atoms with Crippen molar-refractivity contribution in [3.05, 3.63) is 35.1 Å². The van der Waals surface area contributed by atoms with E-state index in [-0.39, 0.29) is 11.7 Å². The van der Waals surface area contributed by atoms with Crippen molar-refractivity contribution in [1.82, 2.24) is 0 Å². The van der Waals surface area contributed by atoms with Crippen molar-refractivity contribution < 1.29 is 27.4 Å². The molecule has 0 saturated heterocycles. The van der Waals surface area contributed by atoms with E-state index in [0.29, 0.717) is 6.42 Å². The predicted molar refractivity (Wildman–Crippen MR) is 100 cm³/mol. The van der Waals surface area contributed by atoms with E-state index in [1.165, 1.54) is 20.6 Å². The molecule has 0 bridgehead atoms. The molecule has 3 nitrogen and oxygen atoms in total. The number of benzene rings is 1. The fraction of sp³-hybridized carbons (Fsp3) is 0.714. The lowest BCUT2D eigenvalue weighted by atomic mass is 9.89. The monoisotopic (exact) mass is 390 g/mol. The molecule has 0 aliphatic rings. The first kappa shape index (κ1) is 23.9. The van der Waals surface area contributed by atoms with E-state index < -0.39 is 29.3 Å². The topological polar surface area (TPSA) is 27.7 Å². The maximum atomic E-state index is 13.8. The molecule has 0 amide bonds. The van der Waals surface area contributed by atoms with Crippen molar-refractivity contribution >= 4 is 0 Å². The lowest BCUT2D eigenvalue weighted by Gasteiger charge is -2.39.